The van der Waals surface area contributed by atoms with Gasteiger partial charge in [-0.3, -0.25) is 4.79 Å². The van der Waals surface area contributed by atoms with E-state index in [4.69, 9.17) is 0 Å². The Morgan fingerprint density at radius 1 is 1.42 bits per heavy atom. The first-order valence-corrected chi connectivity index (χ1v) is 7.44. The van der Waals surface area contributed by atoms with Crippen LogP contribution in [0.25, 0.3) is 0 Å². The molecule has 0 aromatic heterocycles. The van der Waals surface area contributed by atoms with Gasteiger partial charge >= 0.3 is 0 Å². The molecular weight excluding hydrogens is 240 g/mol. The fraction of sp³-hybridized carbons (Fsp3) is 0.933. The molecule has 1 aliphatic heterocycles. The molecular formula is C15H30N2O2. The lowest BCUT2D eigenvalue weighted by Gasteiger charge is -2.44. The minimum Gasteiger partial charge on any atom is -0.396 e. The van der Waals surface area contributed by atoms with Gasteiger partial charge in [-0.05, 0) is 24.7 Å². The van der Waals surface area contributed by atoms with Gasteiger partial charge in [0, 0.05) is 25.2 Å². The third-order valence-electron chi connectivity index (χ3n) is 3.79. The number of carbonyl (C=O) groups is 1. The predicted octanol–water partition coefficient (Wildman–Crippen LogP) is 1.77. The number of hydrogen-bond acceptors (Lipinski definition) is 3. The summed E-state index contributed by atoms with van der Waals surface area (Å²) < 4.78 is 0. The van der Waals surface area contributed by atoms with E-state index < -0.39 is 0 Å². The van der Waals surface area contributed by atoms with Crippen molar-refractivity contribution in [1.82, 2.24) is 10.2 Å². The largest absolute Gasteiger partial charge is 0.396 e. The molecule has 19 heavy (non-hydrogen) atoms. The first kappa shape index (κ1) is 16.4. The highest BCUT2D eigenvalue weighted by atomic mass is 16.3. The van der Waals surface area contributed by atoms with Crippen LogP contribution in [0.3, 0.4) is 0 Å². The molecule has 1 aliphatic rings. The van der Waals surface area contributed by atoms with E-state index in [1.165, 1.54) is 0 Å². The number of aliphatic hydroxyl groups excluding tert-OH is 1. The van der Waals surface area contributed by atoms with E-state index in [-0.39, 0.29) is 30.0 Å². The van der Waals surface area contributed by atoms with Crippen molar-refractivity contribution in [2.45, 2.75) is 72.0 Å². The Morgan fingerprint density at radius 2 is 2.05 bits per heavy atom. The fourth-order valence-electron chi connectivity index (χ4n) is 2.94. The van der Waals surface area contributed by atoms with Crippen molar-refractivity contribution in [3.63, 3.8) is 0 Å². The maximum atomic E-state index is 12.6. The van der Waals surface area contributed by atoms with Crippen molar-refractivity contribution in [3.8, 4) is 0 Å². The highest BCUT2D eigenvalue weighted by Crippen LogP contribution is 2.29. The summed E-state index contributed by atoms with van der Waals surface area (Å²) in [7, 11) is 0. The van der Waals surface area contributed by atoms with Crippen molar-refractivity contribution in [2.24, 2.45) is 5.41 Å². The maximum absolute atomic E-state index is 12.6. The summed E-state index contributed by atoms with van der Waals surface area (Å²) in [5, 5.41) is 12.6. The Kier molecular flexibility index (Phi) is 5.81. The van der Waals surface area contributed by atoms with E-state index in [9.17, 15) is 9.90 Å². The zero-order valence-electron chi connectivity index (χ0n) is 13.1. The third-order valence-corrected chi connectivity index (χ3v) is 3.79. The molecule has 0 bridgehead atoms. The van der Waals surface area contributed by atoms with Crippen molar-refractivity contribution in [2.75, 3.05) is 13.2 Å². The second-order valence-electron chi connectivity index (χ2n) is 6.94. The van der Waals surface area contributed by atoms with Crippen LogP contribution in [0.2, 0.25) is 0 Å². The number of nitrogens with zero attached hydrogens (tertiary/aromatic N) is 1. The molecule has 112 valence electrons. The SMILES string of the molecule is CC(C)NC1CCCN(C(CCO)C(C)(C)C)C1=O. The lowest BCUT2D eigenvalue weighted by molar-refractivity contribution is -0.142. The van der Waals surface area contributed by atoms with Crippen LogP contribution in [0, 0.1) is 5.41 Å². The summed E-state index contributed by atoms with van der Waals surface area (Å²) in [5.74, 6) is 0.202. The number of piperidine rings is 1. The highest BCUT2D eigenvalue weighted by molar-refractivity contribution is 5.83. The van der Waals surface area contributed by atoms with Crippen LogP contribution in [-0.2, 0) is 4.79 Å². The first-order chi connectivity index (χ1) is 8.77. The Morgan fingerprint density at radius 3 is 2.53 bits per heavy atom. The van der Waals surface area contributed by atoms with Crippen LogP contribution in [0.5, 0.6) is 0 Å². The van der Waals surface area contributed by atoms with Crippen molar-refractivity contribution in [1.29, 1.82) is 0 Å². The van der Waals surface area contributed by atoms with Gasteiger partial charge in [0.15, 0.2) is 0 Å². The van der Waals surface area contributed by atoms with Gasteiger partial charge in [0.25, 0.3) is 0 Å². The zero-order chi connectivity index (χ0) is 14.6. The van der Waals surface area contributed by atoms with Gasteiger partial charge in [0.05, 0.1) is 6.04 Å². The first-order valence-electron chi connectivity index (χ1n) is 7.44. The summed E-state index contributed by atoms with van der Waals surface area (Å²) in [6.07, 6.45) is 2.61. The molecule has 0 saturated carbocycles. The van der Waals surface area contributed by atoms with Gasteiger partial charge in [0.1, 0.15) is 0 Å². The van der Waals surface area contributed by atoms with Gasteiger partial charge in [0.2, 0.25) is 5.91 Å². The lowest BCUT2D eigenvalue weighted by Crippen LogP contribution is -2.58. The smallest absolute Gasteiger partial charge is 0.239 e. The molecule has 0 aromatic rings. The number of rotatable bonds is 5. The second-order valence-corrected chi connectivity index (χ2v) is 6.94. The molecule has 2 N–H and O–H groups in total. The van der Waals surface area contributed by atoms with Crippen molar-refractivity contribution in [3.05, 3.63) is 0 Å². The number of amides is 1. The molecule has 1 fully saturated rings. The molecule has 1 heterocycles. The van der Waals surface area contributed by atoms with E-state index in [0.29, 0.717) is 12.5 Å². The minimum absolute atomic E-state index is 0.00187. The maximum Gasteiger partial charge on any atom is 0.239 e. The van der Waals surface area contributed by atoms with Crippen LogP contribution in [-0.4, -0.2) is 47.2 Å². The van der Waals surface area contributed by atoms with Crippen LogP contribution in [0.1, 0.15) is 53.9 Å². The quantitative estimate of drug-likeness (QED) is 0.800. The van der Waals surface area contributed by atoms with Crippen LogP contribution in [0.4, 0.5) is 0 Å². The molecule has 0 radical (unpaired) electrons. The molecule has 0 aliphatic carbocycles. The molecule has 2 unspecified atom stereocenters. The summed E-state index contributed by atoms with van der Waals surface area (Å²) in [6, 6.07) is 0.374. The third kappa shape index (κ3) is 4.46. The molecule has 4 heteroatoms. The molecule has 0 aromatic carbocycles. The van der Waals surface area contributed by atoms with Crippen LogP contribution in [0.15, 0.2) is 0 Å². The number of likely N-dealkylation sites (tertiary alicyclic amines) is 1. The second kappa shape index (κ2) is 6.71. The van der Waals surface area contributed by atoms with E-state index in [2.05, 4.69) is 39.9 Å². The molecule has 1 amide bonds. The normalized spacial score (nSPS) is 23.0. The van der Waals surface area contributed by atoms with Gasteiger partial charge in [-0.25, -0.2) is 0 Å². The fourth-order valence-corrected chi connectivity index (χ4v) is 2.94. The number of carbonyl (C=O) groups excluding carboxylic acids is 1. The van der Waals surface area contributed by atoms with E-state index in [0.717, 1.165) is 19.4 Å². The topological polar surface area (TPSA) is 52.6 Å². The van der Waals surface area contributed by atoms with Gasteiger partial charge < -0.3 is 15.3 Å². The van der Waals surface area contributed by atoms with Crippen molar-refractivity contribution >= 4 is 5.91 Å². The Hall–Kier alpha value is -0.610. The molecule has 4 nitrogen and oxygen atoms in total. The van der Waals surface area contributed by atoms with E-state index >= 15 is 0 Å². The summed E-state index contributed by atoms with van der Waals surface area (Å²) in [4.78, 5) is 14.6. The number of hydrogen-bond donors (Lipinski definition) is 2. The lowest BCUT2D eigenvalue weighted by atomic mass is 9.82. The minimum atomic E-state index is -0.0581. The Bertz CT molecular complexity index is 297. The molecule has 2 atom stereocenters. The average Bonchev–Trinajstić information content (AvgIpc) is 2.27. The van der Waals surface area contributed by atoms with Crippen LogP contribution < -0.4 is 5.32 Å². The van der Waals surface area contributed by atoms with Crippen LogP contribution >= 0.6 is 0 Å². The number of nitrogens with one attached hydrogen (secondary N) is 1. The standard InChI is InChI=1S/C15H30N2O2/c1-11(2)16-12-7-6-9-17(14(12)19)13(8-10-18)15(3,4)5/h11-13,16,18H,6-10H2,1-5H3. The highest BCUT2D eigenvalue weighted by Gasteiger charge is 2.37. The monoisotopic (exact) mass is 270 g/mol. The van der Waals surface area contributed by atoms with E-state index in [1.54, 1.807) is 0 Å². The summed E-state index contributed by atoms with van der Waals surface area (Å²) in [5.41, 5.74) is -0.00187. The molecule has 1 saturated heterocycles. The average molecular weight is 270 g/mol. The molecule has 0 spiro atoms. The van der Waals surface area contributed by atoms with Gasteiger partial charge in [-0.15, -0.1) is 0 Å². The summed E-state index contributed by atoms with van der Waals surface area (Å²) in [6.45, 7) is 11.5. The van der Waals surface area contributed by atoms with E-state index in [1.807, 2.05) is 4.90 Å². The molecule has 1 rings (SSSR count). The Labute approximate surface area is 117 Å². The number of aliphatic hydroxyl groups is 1. The van der Waals surface area contributed by atoms with Gasteiger partial charge in [-0.2, -0.15) is 0 Å². The summed E-state index contributed by atoms with van der Waals surface area (Å²) >= 11 is 0. The van der Waals surface area contributed by atoms with Crippen molar-refractivity contribution < 1.29 is 9.90 Å². The zero-order valence-corrected chi connectivity index (χ0v) is 13.1. The predicted molar refractivity (Wildman–Crippen MR) is 78.0 cm³/mol. The van der Waals surface area contributed by atoms with Gasteiger partial charge in [-0.1, -0.05) is 34.6 Å². The Balaban J connectivity index is 2.82.